The number of sulfonamides is 1. The number of hydrogen-bond acceptors (Lipinski definition) is 4. The first-order valence-electron chi connectivity index (χ1n) is 6.35. The van der Waals surface area contributed by atoms with Crippen molar-refractivity contribution in [2.45, 2.75) is 42.4 Å². The second kappa shape index (κ2) is 5.75. The summed E-state index contributed by atoms with van der Waals surface area (Å²) in [6.45, 7) is 2.13. The van der Waals surface area contributed by atoms with Crippen molar-refractivity contribution in [2.24, 2.45) is 0 Å². The van der Waals surface area contributed by atoms with Gasteiger partial charge in [0, 0.05) is 11.0 Å². The Balaban J connectivity index is 2.50. The van der Waals surface area contributed by atoms with E-state index in [-0.39, 0.29) is 10.8 Å². The number of nitrogens with zero attached hydrogens (tertiary/aromatic N) is 1. The third kappa shape index (κ3) is 2.43. The molecule has 8 heteroatoms. The largest absolute Gasteiger partial charge is 0.480 e. The molecule has 0 bridgehead atoms. The normalized spacial score (nSPS) is 24.1. The van der Waals surface area contributed by atoms with Crippen molar-refractivity contribution in [3.8, 4) is 0 Å². The van der Waals surface area contributed by atoms with E-state index in [1.165, 1.54) is 4.31 Å². The number of carbonyl (C=O) groups is 1. The van der Waals surface area contributed by atoms with Crippen LogP contribution in [0.25, 0.3) is 0 Å². The van der Waals surface area contributed by atoms with Crippen LogP contribution in [0.4, 0.5) is 0 Å². The molecule has 1 aliphatic rings. The Morgan fingerprint density at radius 3 is 2.80 bits per heavy atom. The van der Waals surface area contributed by atoms with Crippen molar-refractivity contribution in [2.75, 3.05) is 6.54 Å². The summed E-state index contributed by atoms with van der Waals surface area (Å²) < 4.78 is 27.4. The SMILES string of the molecule is CCCC1(C(=O)O)CCCN1S(=O)(=O)c1sccc1Br. The van der Waals surface area contributed by atoms with Crippen LogP contribution in [-0.2, 0) is 14.8 Å². The lowest BCUT2D eigenvalue weighted by molar-refractivity contribution is -0.147. The molecule has 5 nitrogen and oxygen atoms in total. The Morgan fingerprint density at radius 2 is 2.30 bits per heavy atom. The minimum atomic E-state index is -3.78. The Kier molecular flexibility index (Phi) is 4.58. The van der Waals surface area contributed by atoms with Crippen LogP contribution in [0.3, 0.4) is 0 Å². The average Bonchev–Trinajstić information content (AvgIpc) is 2.97. The summed E-state index contributed by atoms with van der Waals surface area (Å²) in [5, 5.41) is 11.3. The van der Waals surface area contributed by atoms with Gasteiger partial charge >= 0.3 is 5.97 Å². The molecule has 1 atom stereocenters. The first-order chi connectivity index (χ1) is 9.36. The number of hydrogen-bond donors (Lipinski definition) is 1. The number of aliphatic carboxylic acids is 1. The van der Waals surface area contributed by atoms with Crippen molar-refractivity contribution >= 4 is 43.3 Å². The van der Waals surface area contributed by atoms with Crippen molar-refractivity contribution in [3.63, 3.8) is 0 Å². The molecule has 1 saturated heterocycles. The van der Waals surface area contributed by atoms with Gasteiger partial charge in [-0.25, -0.2) is 8.42 Å². The van der Waals surface area contributed by atoms with Gasteiger partial charge in [0.15, 0.2) is 0 Å². The standard InChI is InChI=1S/C12H16BrNO4S2/c1-2-5-12(11(15)16)6-3-7-14(12)20(17,18)10-9(13)4-8-19-10/h4,8H,2-3,5-7H2,1H3,(H,15,16). The zero-order valence-corrected chi connectivity index (χ0v) is 14.2. The van der Waals surface area contributed by atoms with E-state index in [0.717, 1.165) is 11.3 Å². The molecule has 112 valence electrons. The predicted molar refractivity (Wildman–Crippen MR) is 80.4 cm³/mol. The smallest absolute Gasteiger partial charge is 0.325 e. The molecule has 1 aromatic heterocycles. The highest BCUT2D eigenvalue weighted by Gasteiger charge is 2.53. The van der Waals surface area contributed by atoms with E-state index in [2.05, 4.69) is 15.9 Å². The summed E-state index contributed by atoms with van der Waals surface area (Å²) in [6.07, 6.45) is 1.92. The van der Waals surface area contributed by atoms with E-state index in [4.69, 9.17) is 0 Å². The lowest BCUT2D eigenvalue weighted by atomic mass is 9.92. The molecule has 20 heavy (non-hydrogen) atoms. The lowest BCUT2D eigenvalue weighted by Crippen LogP contribution is -2.52. The maximum atomic E-state index is 12.8. The molecule has 1 unspecified atom stereocenters. The number of carboxylic acid groups (broad SMARTS) is 1. The van der Waals surface area contributed by atoms with Crippen LogP contribution < -0.4 is 0 Å². The third-order valence-electron chi connectivity index (χ3n) is 3.60. The molecule has 1 aliphatic heterocycles. The molecule has 1 aromatic rings. The van der Waals surface area contributed by atoms with Crippen molar-refractivity contribution < 1.29 is 18.3 Å². The molecule has 1 fully saturated rings. The monoisotopic (exact) mass is 381 g/mol. The van der Waals surface area contributed by atoms with Crippen LogP contribution >= 0.6 is 27.3 Å². The van der Waals surface area contributed by atoms with Crippen LogP contribution in [-0.4, -0.2) is 35.9 Å². The van der Waals surface area contributed by atoms with Gasteiger partial charge in [-0.3, -0.25) is 4.79 Å². The summed E-state index contributed by atoms with van der Waals surface area (Å²) in [6, 6.07) is 1.66. The van der Waals surface area contributed by atoms with Gasteiger partial charge in [0.05, 0.1) is 0 Å². The summed E-state index contributed by atoms with van der Waals surface area (Å²) in [7, 11) is -3.78. The topological polar surface area (TPSA) is 74.7 Å². The molecule has 2 heterocycles. The minimum Gasteiger partial charge on any atom is -0.480 e. The number of thiophene rings is 1. The van der Waals surface area contributed by atoms with E-state index in [1.54, 1.807) is 11.4 Å². The number of carboxylic acids is 1. The molecule has 0 spiro atoms. The van der Waals surface area contributed by atoms with Crippen LogP contribution in [0.5, 0.6) is 0 Å². The molecule has 0 aliphatic carbocycles. The first-order valence-corrected chi connectivity index (χ1v) is 9.47. The summed E-state index contributed by atoms with van der Waals surface area (Å²) >= 11 is 4.32. The van der Waals surface area contributed by atoms with Gasteiger partial charge < -0.3 is 5.11 Å². The van der Waals surface area contributed by atoms with E-state index < -0.39 is 21.5 Å². The Hall–Kier alpha value is -0.440. The predicted octanol–water partition coefficient (Wildman–Crippen LogP) is 2.92. The highest BCUT2D eigenvalue weighted by Crippen LogP contribution is 2.41. The van der Waals surface area contributed by atoms with Gasteiger partial charge in [0.1, 0.15) is 9.75 Å². The maximum Gasteiger partial charge on any atom is 0.325 e. The number of rotatable bonds is 5. The van der Waals surface area contributed by atoms with Crippen molar-refractivity contribution in [1.29, 1.82) is 0 Å². The van der Waals surface area contributed by atoms with E-state index in [0.29, 0.717) is 30.2 Å². The van der Waals surface area contributed by atoms with Crippen LogP contribution in [0.15, 0.2) is 20.1 Å². The first kappa shape index (κ1) is 15.9. The average molecular weight is 382 g/mol. The molecule has 0 aromatic carbocycles. The van der Waals surface area contributed by atoms with Crippen molar-refractivity contribution in [1.82, 2.24) is 4.31 Å². The molecule has 0 radical (unpaired) electrons. The fraction of sp³-hybridized carbons (Fsp3) is 0.583. The highest BCUT2D eigenvalue weighted by atomic mass is 79.9. The molecular formula is C12H16BrNO4S2. The number of halogens is 1. The van der Waals surface area contributed by atoms with E-state index >= 15 is 0 Å². The van der Waals surface area contributed by atoms with Crippen LogP contribution in [0.1, 0.15) is 32.6 Å². The summed E-state index contributed by atoms with van der Waals surface area (Å²) in [4.78, 5) is 11.7. The Labute approximate surface area is 130 Å². The Bertz CT molecular complexity index is 613. The van der Waals surface area contributed by atoms with E-state index in [9.17, 15) is 18.3 Å². The molecule has 1 N–H and O–H groups in total. The molecule has 0 saturated carbocycles. The minimum absolute atomic E-state index is 0.182. The van der Waals surface area contributed by atoms with Gasteiger partial charge in [-0.1, -0.05) is 13.3 Å². The molecular weight excluding hydrogens is 366 g/mol. The summed E-state index contributed by atoms with van der Waals surface area (Å²) in [5.41, 5.74) is -1.29. The zero-order chi connectivity index (χ0) is 15.0. The fourth-order valence-electron chi connectivity index (χ4n) is 2.75. The molecule has 2 rings (SSSR count). The van der Waals surface area contributed by atoms with Crippen LogP contribution in [0, 0.1) is 0 Å². The van der Waals surface area contributed by atoms with Gasteiger partial charge in [0.2, 0.25) is 0 Å². The Morgan fingerprint density at radius 1 is 1.60 bits per heavy atom. The van der Waals surface area contributed by atoms with Crippen LogP contribution in [0.2, 0.25) is 0 Å². The summed E-state index contributed by atoms with van der Waals surface area (Å²) in [5.74, 6) is -1.05. The maximum absolute atomic E-state index is 12.8. The quantitative estimate of drug-likeness (QED) is 0.850. The van der Waals surface area contributed by atoms with Gasteiger partial charge in [-0.15, -0.1) is 11.3 Å². The van der Waals surface area contributed by atoms with Gasteiger partial charge in [-0.05, 0) is 46.6 Å². The zero-order valence-electron chi connectivity index (χ0n) is 11.0. The fourth-order valence-corrected chi connectivity index (χ4v) is 6.99. The third-order valence-corrected chi connectivity index (χ3v) is 8.21. The lowest BCUT2D eigenvalue weighted by Gasteiger charge is -2.33. The van der Waals surface area contributed by atoms with Gasteiger partial charge in [-0.2, -0.15) is 4.31 Å². The van der Waals surface area contributed by atoms with Crippen molar-refractivity contribution in [3.05, 3.63) is 15.9 Å². The second-order valence-electron chi connectivity index (χ2n) is 4.82. The highest BCUT2D eigenvalue weighted by molar-refractivity contribution is 9.10. The second-order valence-corrected chi connectivity index (χ2v) is 8.65. The van der Waals surface area contributed by atoms with E-state index in [1.807, 2.05) is 6.92 Å². The molecule has 0 amide bonds. The van der Waals surface area contributed by atoms with Gasteiger partial charge in [0.25, 0.3) is 10.0 Å².